The molecule has 23 heavy (non-hydrogen) atoms. The Kier molecular flexibility index (Phi) is 5.55. The molecular formula is C13H12FN5O2S2. The molecule has 0 radical (unpaired) electrons. The third kappa shape index (κ3) is 5.60. The number of carbonyl (C=O) groups is 1. The topological polar surface area (TPSA) is 102 Å². The minimum Gasteiger partial charge on any atom is -0.335 e. The molecule has 0 aliphatic rings. The quantitative estimate of drug-likeness (QED) is 0.419. The number of aromatic amines is 2. The van der Waals surface area contributed by atoms with Gasteiger partial charge in [-0.2, -0.15) is 0 Å². The van der Waals surface area contributed by atoms with Crippen LogP contribution in [0.5, 0.6) is 0 Å². The van der Waals surface area contributed by atoms with E-state index in [1.165, 1.54) is 30.3 Å². The van der Waals surface area contributed by atoms with Crippen LogP contribution in [0, 0.1) is 10.6 Å². The Morgan fingerprint density at radius 2 is 1.87 bits per heavy atom. The van der Waals surface area contributed by atoms with Gasteiger partial charge in [0.15, 0.2) is 9.88 Å². The second-order valence-electron chi connectivity index (χ2n) is 4.42. The first-order valence-corrected chi connectivity index (χ1v) is 7.18. The van der Waals surface area contributed by atoms with E-state index in [2.05, 4.69) is 26.1 Å². The van der Waals surface area contributed by atoms with Crippen molar-refractivity contribution in [2.75, 3.05) is 5.32 Å². The van der Waals surface area contributed by atoms with Crippen molar-refractivity contribution < 1.29 is 9.18 Å². The molecule has 2 aromatic rings. The van der Waals surface area contributed by atoms with Gasteiger partial charge in [0.1, 0.15) is 5.82 Å². The molecule has 1 amide bonds. The molecule has 1 aromatic carbocycles. The Morgan fingerprint density at radius 1 is 1.17 bits per heavy atom. The van der Waals surface area contributed by atoms with Crippen LogP contribution < -0.4 is 21.7 Å². The number of hydrogen-bond donors (Lipinski definition) is 5. The van der Waals surface area contributed by atoms with Crippen LogP contribution in [0.3, 0.4) is 0 Å². The van der Waals surface area contributed by atoms with Crippen LogP contribution in [0.25, 0.3) is 0 Å². The van der Waals surface area contributed by atoms with Gasteiger partial charge < -0.3 is 10.3 Å². The molecule has 0 saturated heterocycles. The lowest BCUT2D eigenvalue weighted by Gasteiger charge is -2.11. The van der Waals surface area contributed by atoms with E-state index in [4.69, 9.17) is 24.4 Å². The number of benzene rings is 1. The van der Waals surface area contributed by atoms with Gasteiger partial charge in [-0.1, -0.05) is 0 Å². The van der Waals surface area contributed by atoms with E-state index >= 15 is 0 Å². The zero-order chi connectivity index (χ0) is 16.8. The average Bonchev–Trinajstić information content (AvgIpc) is 2.46. The van der Waals surface area contributed by atoms with E-state index in [-0.39, 0.29) is 22.1 Å². The molecule has 0 fully saturated rings. The number of halogens is 1. The summed E-state index contributed by atoms with van der Waals surface area (Å²) in [7, 11) is 0. The molecule has 2 rings (SSSR count). The van der Waals surface area contributed by atoms with Crippen molar-refractivity contribution in [1.82, 2.24) is 20.8 Å². The maximum Gasteiger partial charge on any atom is 0.251 e. The minimum atomic E-state index is -0.426. The molecule has 7 nitrogen and oxygen atoms in total. The Hall–Kier alpha value is -2.59. The first-order valence-electron chi connectivity index (χ1n) is 6.36. The van der Waals surface area contributed by atoms with E-state index in [0.717, 1.165) is 0 Å². The second kappa shape index (κ2) is 7.61. The summed E-state index contributed by atoms with van der Waals surface area (Å²) in [4.78, 5) is 28.1. The predicted octanol–water partition coefficient (Wildman–Crippen LogP) is 1.13. The molecule has 0 saturated carbocycles. The lowest BCUT2D eigenvalue weighted by molar-refractivity contribution is -0.121. The van der Waals surface area contributed by atoms with E-state index < -0.39 is 11.5 Å². The van der Waals surface area contributed by atoms with Gasteiger partial charge >= 0.3 is 0 Å². The number of aromatic nitrogens is 2. The summed E-state index contributed by atoms with van der Waals surface area (Å²) in [6.45, 7) is 0. The van der Waals surface area contributed by atoms with Crippen molar-refractivity contribution in [3.05, 3.63) is 57.0 Å². The monoisotopic (exact) mass is 353 g/mol. The molecule has 1 aromatic heterocycles. The average molecular weight is 353 g/mol. The van der Waals surface area contributed by atoms with Crippen LogP contribution in [0.4, 0.5) is 10.1 Å². The van der Waals surface area contributed by atoms with Crippen molar-refractivity contribution in [2.24, 2.45) is 0 Å². The van der Waals surface area contributed by atoms with Gasteiger partial charge in [-0.05, 0) is 48.7 Å². The summed E-state index contributed by atoms with van der Waals surface area (Å²) in [5, 5.41) is 2.89. The Balaban J connectivity index is 1.83. The highest BCUT2D eigenvalue weighted by atomic mass is 32.1. The predicted molar refractivity (Wildman–Crippen MR) is 89.9 cm³/mol. The van der Waals surface area contributed by atoms with Crippen LogP contribution in [-0.4, -0.2) is 21.0 Å². The molecule has 120 valence electrons. The minimum absolute atomic E-state index is 0.0836. The summed E-state index contributed by atoms with van der Waals surface area (Å²) < 4.78 is 12.9. The molecule has 10 heteroatoms. The van der Waals surface area contributed by atoms with E-state index in [1.54, 1.807) is 0 Å². The summed E-state index contributed by atoms with van der Waals surface area (Å²) in [6.07, 6.45) is -0.0836. The van der Waals surface area contributed by atoms with Gasteiger partial charge in [0.05, 0.1) is 6.42 Å². The lowest BCUT2D eigenvalue weighted by atomic mass is 10.3. The van der Waals surface area contributed by atoms with Crippen LogP contribution in [0.1, 0.15) is 5.69 Å². The van der Waals surface area contributed by atoms with Gasteiger partial charge in [0.2, 0.25) is 5.91 Å². The van der Waals surface area contributed by atoms with Crippen molar-refractivity contribution in [3.8, 4) is 0 Å². The number of rotatable bonds is 3. The fraction of sp³-hybridized carbons (Fsp3) is 0.0769. The van der Waals surface area contributed by atoms with E-state index in [9.17, 15) is 14.0 Å². The molecule has 1 heterocycles. The summed E-state index contributed by atoms with van der Waals surface area (Å²) >= 11 is 9.80. The number of amides is 1. The van der Waals surface area contributed by atoms with E-state index in [0.29, 0.717) is 11.4 Å². The summed E-state index contributed by atoms with van der Waals surface area (Å²) in [5.74, 6) is -0.789. The smallest absolute Gasteiger partial charge is 0.251 e. The largest absolute Gasteiger partial charge is 0.335 e. The molecule has 0 atom stereocenters. The standard InChI is InChI=1S/C13H12FN5O2S2/c14-7-1-3-8(4-2-7)15-13(23)19-18-11(21)6-9-5-10(20)17-12(22)16-9/h1-5H,6H2,(H,18,21)(H2,15,19,23)(H2,16,17,20,22). The molecule has 0 aliphatic carbocycles. The zero-order valence-electron chi connectivity index (χ0n) is 11.6. The van der Waals surface area contributed by atoms with Gasteiger partial charge in [-0.25, -0.2) is 4.39 Å². The normalized spacial score (nSPS) is 9.96. The number of H-pyrrole nitrogens is 2. The number of anilines is 1. The van der Waals surface area contributed by atoms with Crippen molar-refractivity contribution in [1.29, 1.82) is 0 Å². The highest BCUT2D eigenvalue weighted by Gasteiger charge is 2.05. The second-order valence-corrected chi connectivity index (χ2v) is 5.24. The van der Waals surface area contributed by atoms with Crippen molar-refractivity contribution >= 4 is 41.1 Å². The van der Waals surface area contributed by atoms with Crippen LogP contribution in [0.15, 0.2) is 35.1 Å². The third-order valence-electron chi connectivity index (χ3n) is 2.58. The number of hydrazine groups is 1. The first kappa shape index (κ1) is 16.8. The Labute approximate surface area is 140 Å². The maximum absolute atomic E-state index is 12.8. The highest BCUT2D eigenvalue weighted by molar-refractivity contribution is 7.80. The lowest BCUT2D eigenvalue weighted by Crippen LogP contribution is -2.44. The highest BCUT2D eigenvalue weighted by Crippen LogP contribution is 2.07. The molecule has 5 N–H and O–H groups in total. The molecule has 0 unspecified atom stereocenters. The van der Waals surface area contributed by atoms with Gasteiger partial charge in [0.25, 0.3) is 5.56 Å². The number of nitrogens with one attached hydrogen (secondary N) is 5. The van der Waals surface area contributed by atoms with E-state index in [1.807, 2.05) is 0 Å². The van der Waals surface area contributed by atoms with Gasteiger partial charge in [-0.3, -0.25) is 25.4 Å². The molecule has 0 spiro atoms. The van der Waals surface area contributed by atoms with Crippen LogP contribution in [-0.2, 0) is 11.2 Å². The SMILES string of the molecule is O=C(Cc1cc(=O)[nH]c(=S)[nH]1)NNC(=S)Nc1ccc(F)cc1. The number of thiocarbonyl (C=S) groups is 1. The first-order chi connectivity index (χ1) is 10.9. The maximum atomic E-state index is 12.8. The molecule has 0 aliphatic heterocycles. The fourth-order valence-corrected chi connectivity index (χ4v) is 2.05. The van der Waals surface area contributed by atoms with Crippen LogP contribution in [0.2, 0.25) is 0 Å². The number of carbonyl (C=O) groups excluding carboxylic acids is 1. The summed E-state index contributed by atoms with van der Waals surface area (Å²) in [5.41, 5.74) is 5.41. The third-order valence-corrected chi connectivity index (χ3v) is 2.99. The van der Waals surface area contributed by atoms with Gasteiger partial charge in [0, 0.05) is 17.4 Å². The Bertz CT molecular complexity index is 803. The Morgan fingerprint density at radius 3 is 2.52 bits per heavy atom. The molecule has 0 bridgehead atoms. The molecular weight excluding hydrogens is 341 g/mol. The van der Waals surface area contributed by atoms with Crippen molar-refractivity contribution in [2.45, 2.75) is 6.42 Å². The zero-order valence-corrected chi connectivity index (χ0v) is 13.2. The summed E-state index contributed by atoms with van der Waals surface area (Å²) in [6, 6.07) is 6.80. The fourth-order valence-electron chi connectivity index (χ4n) is 1.65. The van der Waals surface area contributed by atoms with Gasteiger partial charge in [-0.15, -0.1) is 0 Å². The number of hydrogen-bond acceptors (Lipinski definition) is 4. The van der Waals surface area contributed by atoms with Crippen LogP contribution >= 0.6 is 24.4 Å². The van der Waals surface area contributed by atoms with Crippen molar-refractivity contribution in [3.63, 3.8) is 0 Å².